The van der Waals surface area contributed by atoms with Gasteiger partial charge in [-0.1, -0.05) is 38.2 Å². The average molecular weight is 340 g/mol. The number of urea groups is 1. The molecule has 0 atom stereocenters. The molecule has 124 valence electrons. The quantitative estimate of drug-likeness (QED) is 0.869. The summed E-state index contributed by atoms with van der Waals surface area (Å²) in [5.74, 6) is -1.86. The second-order valence-corrected chi connectivity index (χ2v) is 6.68. The third kappa shape index (κ3) is 4.44. The molecule has 2 amide bonds. The molecular formula is C15H18F2N4OS. The van der Waals surface area contributed by atoms with Crippen LogP contribution in [0.15, 0.2) is 18.2 Å². The molecule has 23 heavy (non-hydrogen) atoms. The van der Waals surface area contributed by atoms with Gasteiger partial charge in [0, 0.05) is 12.0 Å². The fraction of sp³-hybridized carbons (Fsp3) is 0.400. The summed E-state index contributed by atoms with van der Waals surface area (Å²) in [5, 5.41) is 14.4. The number of carbonyl (C=O) groups is 1. The van der Waals surface area contributed by atoms with Crippen LogP contribution < -0.4 is 10.6 Å². The van der Waals surface area contributed by atoms with Gasteiger partial charge in [-0.3, -0.25) is 5.32 Å². The minimum atomic E-state index is -0.944. The van der Waals surface area contributed by atoms with Crippen molar-refractivity contribution in [2.45, 2.75) is 39.2 Å². The van der Waals surface area contributed by atoms with E-state index in [4.69, 9.17) is 0 Å². The van der Waals surface area contributed by atoms with Crippen molar-refractivity contribution in [2.75, 3.05) is 5.32 Å². The smallest absolute Gasteiger partial charge is 0.321 e. The monoisotopic (exact) mass is 340 g/mol. The molecule has 8 heteroatoms. The third-order valence-electron chi connectivity index (χ3n) is 3.55. The minimum Gasteiger partial charge on any atom is -0.334 e. The van der Waals surface area contributed by atoms with Crippen LogP contribution in [0.1, 0.15) is 37.8 Å². The van der Waals surface area contributed by atoms with Crippen LogP contribution in [0.2, 0.25) is 0 Å². The number of nitrogens with one attached hydrogen (secondary N) is 2. The summed E-state index contributed by atoms with van der Waals surface area (Å²) >= 11 is 1.32. The molecule has 0 saturated carbocycles. The van der Waals surface area contributed by atoms with E-state index in [9.17, 15) is 13.6 Å². The molecule has 1 aromatic carbocycles. The van der Waals surface area contributed by atoms with Crippen molar-refractivity contribution in [3.8, 4) is 0 Å². The molecule has 0 spiro atoms. The molecule has 2 N–H and O–H groups in total. The van der Waals surface area contributed by atoms with E-state index in [0.717, 1.165) is 23.6 Å². The molecular weight excluding hydrogens is 322 g/mol. The van der Waals surface area contributed by atoms with E-state index < -0.39 is 17.7 Å². The number of hydrogen-bond donors (Lipinski definition) is 2. The standard InChI is InChI=1S/C15H18F2N4OS/c1-4-15(2,3)12-20-21-14(23-12)19-13(22)18-8-9-5-6-10(16)11(17)7-9/h5-7H,4,8H2,1-3H3,(H2,18,19,21,22). The van der Waals surface area contributed by atoms with Gasteiger partial charge in [-0.05, 0) is 24.1 Å². The van der Waals surface area contributed by atoms with E-state index in [-0.39, 0.29) is 12.0 Å². The lowest BCUT2D eigenvalue weighted by Crippen LogP contribution is -2.28. The highest BCUT2D eigenvalue weighted by Gasteiger charge is 2.23. The number of nitrogens with zero attached hydrogens (tertiary/aromatic N) is 2. The maximum Gasteiger partial charge on any atom is 0.321 e. The number of amides is 2. The van der Waals surface area contributed by atoms with Crippen molar-refractivity contribution < 1.29 is 13.6 Å². The van der Waals surface area contributed by atoms with Crippen LogP contribution in [0, 0.1) is 11.6 Å². The Morgan fingerprint density at radius 1 is 1.26 bits per heavy atom. The Morgan fingerprint density at radius 3 is 2.65 bits per heavy atom. The van der Waals surface area contributed by atoms with E-state index in [1.807, 2.05) is 0 Å². The van der Waals surface area contributed by atoms with Gasteiger partial charge in [0.05, 0.1) is 0 Å². The lowest BCUT2D eigenvalue weighted by molar-refractivity contribution is 0.251. The van der Waals surface area contributed by atoms with Crippen molar-refractivity contribution in [1.82, 2.24) is 15.5 Å². The van der Waals surface area contributed by atoms with Crippen molar-refractivity contribution in [3.63, 3.8) is 0 Å². The van der Waals surface area contributed by atoms with Gasteiger partial charge in [0.15, 0.2) is 11.6 Å². The van der Waals surface area contributed by atoms with Crippen LogP contribution in [-0.2, 0) is 12.0 Å². The van der Waals surface area contributed by atoms with E-state index >= 15 is 0 Å². The van der Waals surface area contributed by atoms with Crippen LogP contribution in [0.25, 0.3) is 0 Å². The second-order valence-electron chi connectivity index (χ2n) is 5.71. The number of anilines is 1. The van der Waals surface area contributed by atoms with Crippen molar-refractivity contribution in [3.05, 3.63) is 40.4 Å². The van der Waals surface area contributed by atoms with Crippen molar-refractivity contribution in [1.29, 1.82) is 0 Å². The molecule has 0 unspecified atom stereocenters. The largest absolute Gasteiger partial charge is 0.334 e. The van der Waals surface area contributed by atoms with Gasteiger partial charge < -0.3 is 5.32 Å². The highest BCUT2D eigenvalue weighted by atomic mass is 32.1. The summed E-state index contributed by atoms with van der Waals surface area (Å²) in [5.41, 5.74) is 0.365. The summed E-state index contributed by atoms with van der Waals surface area (Å²) in [6, 6.07) is 2.99. The fourth-order valence-corrected chi connectivity index (χ4v) is 2.58. The number of carbonyl (C=O) groups excluding carboxylic acids is 1. The lowest BCUT2D eigenvalue weighted by Gasteiger charge is -2.17. The number of rotatable bonds is 5. The summed E-state index contributed by atoms with van der Waals surface area (Å²) in [6.45, 7) is 6.25. The Balaban J connectivity index is 1.91. The highest BCUT2D eigenvalue weighted by molar-refractivity contribution is 7.15. The maximum atomic E-state index is 13.1. The molecule has 1 aromatic heterocycles. The molecule has 0 aliphatic carbocycles. The Hall–Kier alpha value is -2.09. The summed E-state index contributed by atoms with van der Waals surface area (Å²) in [4.78, 5) is 11.8. The molecule has 0 aliphatic heterocycles. The van der Waals surface area contributed by atoms with Crippen LogP contribution in [0.4, 0.5) is 18.7 Å². The predicted molar refractivity (Wildman–Crippen MR) is 85.4 cm³/mol. The fourth-order valence-electron chi connectivity index (χ4n) is 1.67. The number of halogens is 2. The zero-order chi connectivity index (χ0) is 17.0. The number of hydrogen-bond acceptors (Lipinski definition) is 4. The topological polar surface area (TPSA) is 66.9 Å². The third-order valence-corrected chi connectivity index (χ3v) is 4.75. The van der Waals surface area contributed by atoms with Gasteiger partial charge >= 0.3 is 6.03 Å². The van der Waals surface area contributed by atoms with Gasteiger partial charge in [-0.15, -0.1) is 10.2 Å². The van der Waals surface area contributed by atoms with Crippen LogP contribution in [-0.4, -0.2) is 16.2 Å². The summed E-state index contributed by atoms with van der Waals surface area (Å²) in [7, 11) is 0. The Labute approximate surface area is 137 Å². The van der Waals surface area contributed by atoms with Gasteiger partial charge in [-0.2, -0.15) is 0 Å². The molecule has 0 saturated heterocycles. The lowest BCUT2D eigenvalue weighted by atomic mass is 9.91. The van der Waals surface area contributed by atoms with Crippen molar-refractivity contribution >= 4 is 22.5 Å². The summed E-state index contributed by atoms with van der Waals surface area (Å²) < 4.78 is 25.9. The average Bonchev–Trinajstić information content (AvgIpc) is 2.98. The van der Waals surface area contributed by atoms with Gasteiger partial charge in [0.2, 0.25) is 5.13 Å². The van der Waals surface area contributed by atoms with E-state index in [0.29, 0.717) is 10.7 Å². The van der Waals surface area contributed by atoms with E-state index in [1.165, 1.54) is 17.4 Å². The van der Waals surface area contributed by atoms with Crippen LogP contribution >= 0.6 is 11.3 Å². The molecule has 1 heterocycles. The number of aromatic nitrogens is 2. The first kappa shape index (κ1) is 17.3. The molecule has 2 rings (SSSR count). The predicted octanol–water partition coefficient (Wildman–Crippen LogP) is 3.83. The molecule has 5 nitrogen and oxygen atoms in total. The zero-order valence-corrected chi connectivity index (χ0v) is 13.9. The Kier molecular flexibility index (Phi) is 5.25. The molecule has 2 aromatic rings. The van der Waals surface area contributed by atoms with E-state index in [1.54, 1.807) is 0 Å². The minimum absolute atomic E-state index is 0.0785. The first-order valence-electron chi connectivity index (χ1n) is 7.14. The Bertz CT molecular complexity index is 703. The SMILES string of the molecule is CCC(C)(C)c1nnc(NC(=O)NCc2ccc(F)c(F)c2)s1. The molecule has 0 aliphatic rings. The van der Waals surface area contributed by atoms with Gasteiger partial charge in [-0.25, -0.2) is 13.6 Å². The van der Waals surface area contributed by atoms with E-state index in [2.05, 4.69) is 41.6 Å². The highest BCUT2D eigenvalue weighted by Crippen LogP contribution is 2.30. The van der Waals surface area contributed by atoms with Crippen LogP contribution in [0.3, 0.4) is 0 Å². The van der Waals surface area contributed by atoms with Crippen LogP contribution in [0.5, 0.6) is 0 Å². The first-order chi connectivity index (χ1) is 10.8. The Morgan fingerprint density at radius 2 is 2.00 bits per heavy atom. The maximum absolute atomic E-state index is 13.1. The molecule has 0 bridgehead atoms. The number of benzene rings is 1. The van der Waals surface area contributed by atoms with Gasteiger partial charge in [0.1, 0.15) is 5.01 Å². The van der Waals surface area contributed by atoms with Gasteiger partial charge in [0.25, 0.3) is 0 Å². The second kappa shape index (κ2) is 6.99. The summed E-state index contributed by atoms with van der Waals surface area (Å²) in [6.07, 6.45) is 0.907. The van der Waals surface area contributed by atoms with Crippen molar-refractivity contribution in [2.24, 2.45) is 0 Å². The molecule has 0 radical (unpaired) electrons. The first-order valence-corrected chi connectivity index (χ1v) is 7.96. The molecule has 0 fully saturated rings. The normalized spacial score (nSPS) is 11.3. The zero-order valence-electron chi connectivity index (χ0n) is 13.1.